The summed E-state index contributed by atoms with van der Waals surface area (Å²) in [6.07, 6.45) is -0.297. The van der Waals surface area contributed by atoms with E-state index in [0.29, 0.717) is 0 Å². The maximum absolute atomic E-state index is 12.2. The zero-order valence-corrected chi connectivity index (χ0v) is 5.45. The standard InChI is InChI=1S/C5H12F2N2/c1-2-5(6,7)3-4-9-8/h9H,2-4,8H2,1H3. The third-order valence-electron chi connectivity index (χ3n) is 1.15. The van der Waals surface area contributed by atoms with E-state index in [-0.39, 0.29) is 19.4 Å². The van der Waals surface area contributed by atoms with Crippen LogP contribution in [0.4, 0.5) is 8.78 Å². The smallest absolute Gasteiger partial charge is 0.249 e. The average Bonchev–Trinajstić information content (AvgIpc) is 1.84. The maximum Gasteiger partial charge on any atom is 0.249 e. The van der Waals surface area contributed by atoms with E-state index >= 15 is 0 Å². The third-order valence-corrected chi connectivity index (χ3v) is 1.15. The Morgan fingerprint density at radius 2 is 2.11 bits per heavy atom. The number of hydrazine groups is 1. The number of alkyl halides is 2. The Hall–Kier alpha value is -0.220. The van der Waals surface area contributed by atoms with Crippen LogP contribution in [0.25, 0.3) is 0 Å². The van der Waals surface area contributed by atoms with Crippen LogP contribution >= 0.6 is 0 Å². The maximum atomic E-state index is 12.2. The van der Waals surface area contributed by atoms with Crippen molar-refractivity contribution in [3.05, 3.63) is 0 Å². The minimum absolute atomic E-state index is 0.116. The summed E-state index contributed by atoms with van der Waals surface area (Å²) in [7, 11) is 0. The van der Waals surface area contributed by atoms with Gasteiger partial charge in [-0.3, -0.25) is 11.3 Å². The fourth-order valence-corrected chi connectivity index (χ4v) is 0.432. The highest BCUT2D eigenvalue weighted by atomic mass is 19.3. The molecule has 0 aliphatic rings. The van der Waals surface area contributed by atoms with Crippen molar-refractivity contribution in [1.29, 1.82) is 0 Å². The molecule has 0 radical (unpaired) electrons. The Kier molecular flexibility index (Phi) is 3.65. The van der Waals surface area contributed by atoms with Crippen LogP contribution in [0.15, 0.2) is 0 Å². The molecular formula is C5H12F2N2. The normalized spacial score (nSPS) is 12.0. The predicted molar refractivity (Wildman–Crippen MR) is 32.0 cm³/mol. The van der Waals surface area contributed by atoms with E-state index in [9.17, 15) is 8.78 Å². The van der Waals surface area contributed by atoms with Gasteiger partial charge in [0.2, 0.25) is 5.92 Å². The minimum Gasteiger partial charge on any atom is -0.271 e. The van der Waals surface area contributed by atoms with E-state index in [1.54, 1.807) is 0 Å². The second-order valence-electron chi connectivity index (χ2n) is 1.91. The number of halogens is 2. The second-order valence-corrected chi connectivity index (χ2v) is 1.91. The van der Waals surface area contributed by atoms with Crippen molar-refractivity contribution in [2.45, 2.75) is 25.7 Å². The molecule has 2 nitrogen and oxygen atoms in total. The first-order valence-electron chi connectivity index (χ1n) is 2.93. The molecule has 0 unspecified atom stereocenters. The fraction of sp³-hybridized carbons (Fsp3) is 1.00. The van der Waals surface area contributed by atoms with Crippen molar-refractivity contribution >= 4 is 0 Å². The number of nitrogens with one attached hydrogen (secondary N) is 1. The molecule has 9 heavy (non-hydrogen) atoms. The first kappa shape index (κ1) is 8.78. The predicted octanol–water partition coefficient (Wildman–Crippen LogP) is 0.885. The lowest BCUT2D eigenvalue weighted by Crippen LogP contribution is -2.28. The molecule has 0 saturated heterocycles. The van der Waals surface area contributed by atoms with E-state index in [4.69, 9.17) is 5.84 Å². The lowest BCUT2D eigenvalue weighted by Gasteiger charge is -2.12. The van der Waals surface area contributed by atoms with Crippen LogP contribution in [0, 0.1) is 0 Å². The van der Waals surface area contributed by atoms with Crippen LogP contribution in [0.1, 0.15) is 19.8 Å². The monoisotopic (exact) mass is 138 g/mol. The Morgan fingerprint density at radius 3 is 2.44 bits per heavy atom. The van der Waals surface area contributed by atoms with Gasteiger partial charge in [-0.2, -0.15) is 0 Å². The lowest BCUT2D eigenvalue weighted by atomic mass is 10.2. The van der Waals surface area contributed by atoms with Crippen LogP contribution < -0.4 is 11.3 Å². The van der Waals surface area contributed by atoms with Gasteiger partial charge in [0.15, 0.2) is 0 Å². The zero-order chi connectivity index (χ0) is 7.33. The fourth-order valence-electron chi connectivity index (χ4n) is 0.432. The molecule has 0 heterocycles. The van der Waals surface area contributed by atoms with Crippen LogP contribution in [0.5, 0.6) is 0 Å². The molecule has 0 amide bonds. The number of nitrogens with two attached hydrogens (primary N) is 1. The molecule has 0 fully saturated rings. The Labute approximate surface area is 53.4 Å². The number of hydrogen-bond acceptors (Lipinski definition) is 2. The Bertz CT molecular complexity index is 75.4. The highest BCUT2D eigenvalue weighted by Gasteiger charge is 2.24. The van der Waals surface area contributed by atoms with E-state index in [1.807, 2.05) is 0 Å². The van der Waals surface area contributed by atoms with E-state index in [2.05, 4.69) is 5.43 Å². The number of hydrogen-bond donors (Lipinski definition) is 2. The van der Waals surface area contributed by atoms with Crippen molar-refractivity contribution in [1.82, 2.24) is 5.43 Å². The molecule has 0 spiro atoms. The van der Waals surface area contributed by atoms with Gasteiger partial charge < -0.3 is 0 Å². The summed E-state index contributed by atoms with van der Waals surface area (Å²) in [5.41, 5.74) is 2.18. The quantitative estimate of drug-likeness (QED) is 0.447. The molecule has 0 aromatic rings. The Morgan fingerprint density at radius 1 is 1.56 bits per heavy atom. The largest absolute Gasteiger partial charge is 0.271 e. The lowest BCUT2D eigenvalue weighted by molar-refractivity contribution is -0.0107. The van der Waals surface area contributed by atoms with Crippen molar-refractivity contribution in [3.63, 3.8) is 0 Å². The van der Waals surface area contributed by atoms with Gasteiger partial charge in [-0.1, -0.05) is 6.92 Å². The van der Waals surface area contributed by atoms with Crippen LogP contribution in [-0.2, 0) is 0 Å². The molecule has 0 aliphatic heterocycles. The summed E-state index contributed by atoms with van der Waals surface area (Å²) in [4.78, 5) is 0. The summed E-state index contributed by atoms with van der Waals surface area (Å²) >= 11 is 0. The average molecular weight is 138 g/mol. The zero-order valence-electron chi connectivity index (χ0n) is 5.45. The van der Waals surface area contributed by atoms with Crippen molar-refractivity contribution < 1.29 is 8.78 Å². The van der Waals surface area contributed by atoms with Gasteiger partial charge in [-0.15, -0.1) is 0 Å². The van der Waals surface area contributed by atoms with Crippen molar-refractivity contribution in [2.24, 2.45) is 5.84 Å². The van der Waals surface area contributed by atoms with Crippen molar-refractivity contribution in [2.75, 3.05) is 6.54 Å². The van der Waals surface area contributed by atoms with Crippen molar-refractivity contribution in [3.8, 4) is 0 Å². The van der Waals surface area contributed by atoms with Gasteiger partial charge in [0, 0.05) is 19.4 Å². The molecule has 3 N–H and O–H groups in total. The van der Waals surface area contributed by atoms with Crippen LogP contribution in [-0.4, -0.2) is 12.5 Å². The van der Waals surface area contributed by atoms with Crippen LogP contribution in [0.3, 0.4) is 0 Å². The molecule has 0 rings (SSSR count). The SMILES string of the molecule is CCC(F)(F)CCNN. The van der Waals surface area contributed by atoms with Gasteiger partial charge in [-0.25, -0.2) is 8.78 Å². The molecular weight excluding hydrogens is 126 g/mol. The molecule has 0 atom stereocenters. The topological polar surface area (TPSA) is 38.0 Å². The molecule has 4 heteroatoms. The molecule has 0 aromatic carbocycles. The molecule has 56 valence electrons. The molecule has 0 bridgehead atoms. The summed E-state index contributed by atoms with van der Waals surface area (Å²) in [5.74, 6) is 2.26. The minimum atomic E-state index is -2.55. The van der Waals surface area contributed by atoms with E-state index in [0.717, 1.165) is 0 Å². The highest BCUT2D eigenvalue weighted by Crippen LogP contribution is 2.20. The Balaban J connectivity index is 3.33. The van der Waals surface area contributed by atoms with Gasteiger partial charge >= 0.3 is 0 Å². The molecule has 0 aliphatic carbocycles. The first-order valence-corrected chi connectivity index (χ1v) is 2.93. The van der Waals surface area contributed by atoms with E-state index in [1.165, 1.54) is 6.92 Å². The first-order chi connectivity index (χ1) is 4.12. The molecule has 0 aromatic heterocycles. The summed E-state index contributed by atoms with van der Waals surface area (Å²) in [6, 6.07) is 0. The second kappa shape index (κ2) is 3.74. The highest BCUT2D eigenvalue weighted by molar-refractivity contribution is 4.63. The van der Waals surface area contributed by atoms with E-state index < -0.39 is 5.92 Å². The third kappa shape index (κ3) is 4.29. The summed E-state index contributed by atoms with van der Waals surface area (Å²) in [6.45, 7) is 1.62. The number of rotatable bonds is 4. The summed E-state index contributed by atoms with van der Waals surface area (Å²) in [5, 5.41) is 0. The van der Waals surface area contributed by atoms with Crippen LogP contribution in [0.2, 0.25) is 0 Å². The van der Waals surface area contributed by atoms with Gasteiger partial charge in [-0.05, 0) is 0 Å². The summed E-state index contributed by atoms with van der Waals surface area (Å²) < 4.78 is 24.5. The van der Waals surface area contributed by atoms with Gasteiger partial charge in [0.1, 0.15) is 0 Å². The molecule has 0 saturated carbocycles. The van der Waals surface area contributed by atoms with Gasteiger partial charge in [0.25, 0.3) is 0 Å². The van der Waals surface area contributed by atoms with Gasteiger partial charge in [0.05, 0.1) is 0 Å².